The molecule has 0 fully saturated rings. The molecular weight excluding hydrogens is 268 g/mol. The number of rotatable bonds is 2. The van der Waals surface area contributed by atoms with E-state index in [-0.39, 0.29) is 11.3 Å². The van der Waals surface area contributed by atoms with Crippen LogP contribution in [0.4, 0.5) is 8.78 Å². The van der Waals surface area contributed by atoms with Crippen LogP contribution in [0.1, 0.15) is 20.8 Å². The number of carbonyl (C=O) groups excluding carboxylic acids is 2. The van der Waals surface area contributed by atoms with Crippen LogP contribution in [0, 0.1) is 11.6 Å². The van der Waals surface area contributed by atoms with Gasteiger partial charge in [0, 0.05) is 11.8 Å². The van der Waals surface area contributed by atoms with Crippen molar-refractivity contribution in [3.05, 3.63) is 65.5 Å². The predicted octanol–water partition coefficient (Wildman–Crippen LogP) is 1.43. The molecule has 7 heteroatoms. The molecule has 1 aromatic carbocycles. The van der Waals surface area contributed by atoms with Gasteiger partial charge in [0.1, 0.15) is 5.69 Å². The van der Waals surface area contributed by atoms with Gasteiger partial charge < -0.3 is 0 Å². The monoisotopic (exact) mass is 277 g/mol. The second-order valence-electron chi connectivity index (χ2n) is 3.75. The molecule has 0 radical (unpaired) electrons. The van der Waals surface area contributed by atoms with Crippen molar-refractivity contribution in [1.82, 2.24) is 15.8 Å². The number of amides is 2. The summed E-state index contributed by atoms with van der Waals surface area (Å²) in [5.74, 6) is -3.59. The third kappa shape index (κ3) is 3.14. The molecule has 2 rings (SSSR count). The Hall–Kier alpha value is -2.83. The highest BCUT2D eigenvalue weighted by Gasteiger charge is 2.11. The van der Waals surface area contributed by atoms with Crippen molar-refractivity contribution in [2.75, 3.05) is 0 Å². The van der Waals surface area contributed by atoms with E-state index in [0.29, 0.717) is 0 Å². The zero-order valence-corrected chi connectivity index (χ0v) is 10.1. The lowest BCUT2D eigenvalue weighted by molar-refractivity contribution is 0.0843. The van der Waals surface area contributed by atoms with Gasteiger partial charge in [-0.25, -0.2) is 8.78 Å². The van der Waals surface area contributed by atoms with E-state index >= 15 is 0 Å². The first kappa shape index (κ1) is 13.6. The Labute approximate surface area is 112 Å². The van der Waals surface area contributed by atoms with Gasteiger partial charge in [0.05, 0.1) is 0 Å². The topological polar surface area (TPSA) is 71.1 Å². The van der Waals surface area contributed by atoms with E-state index in [1.54, 1.807) is 12.1 Å². The fourth-order valence-corrected chi connectivity index (χ4v) is 1.38. The summed E-state index contributed by atoms with van der Waals surface area (Å²) in [6.45, 7) is 0. The van der Waals surface area contributed by atoms with Crippen LogP contribution < -0.4 is 10.9 Å². The SMILES string of the molecule is O=C(NNC(=O)c1ccccn1)c1ccc(F)c(F)c1. The lowest BCUT2D eigenvalue weighted by Gasteiger charge is -2.07. The smallest absolute Gasteiger partial charge is 0.267 e. The standard InChI is InChI=1S/C13H9F2N3O2/c14-9-5-4-8(7-10(9)15)12(19)17-18-13(20)11-3-1-2-6-16-11/h1-7H,(H,17,19)(H,18,20). The molecule has 1 aromatic heterocycles. The van der Waals surface area contributed by atoms with Gasteiger partial charge in [-0.3, -0.25) is 25.4 Å². The molecule has 20 heavy (non-hydrogen) atoms. The van der Waals surface area contributed by atoms with Gasteiger partial charge in [-0.2, -0.15) is 0 Å². The Morgan fingerprint density at radius 2 is 1.70 bits per heavy atom. The van der Waals surface area contributed by atoms with Gasteiger partial charge >= 0.3 is 0 Å². The van der Waals surface area contributed by atoms with Crippen molar-refractivity contribution in [2.45, 2.75) is 0 Å². The van der Waals surface area contributed by atoms with Crippen LogP contribution in [-0.4, -0.2) is 16.8 Å². The third-order valence-electron chi connectivity index (χ3n) is 2.37. The predicted molar refractivity (Wildman–Crippen MR) is 65.5 cm³/mol. The first-order chi connectivity index (χ1) is 9.58. The zero-order chi connectivity index (χ0) is 14.5. The molecule has 0 saturated heterocycles. The van der Waals surface area contributed by atoms with Crippen LogP contribution in [0.3, 0.4) is 0 Å². The van der Waals surface area contributed by atoms with Crippen LogP contribution in [0.5, 0.6) is 0 Å². The first-order valence-corrected chi connectivity index (χ1v) is 5.54. The van der Waals surface area contributed by atoms with E-state index in [4.69, 9.17) is 0 Å². The highest BCUT2D eigenvalue weighted by molar-refractivity contribution is 5.98. The van der Waals surface area contributed by atoms with Crippen molar-refractivity contribution < 1.29 is 18.4 Å². The van der Waals surface area contributed by atoms with Crippen molar-refractivity contribution in [3.8, 4) is 0 Å². The van der Waals surface area contributed by atoms with Gasteiger partial charge in [-0.15, -0.1) is 0 Å². The van der Waals surface area contributed by atoms with E-state index in [9.17, 15) is 18.4 Å². The second-order valence-corrected chi connectivity index (χ2v) is 3.75. The molecular formula is C13H9F2N3O2. The Morgan fingerprint density at radius 1 is 0.950 bits per heavy atom. The van der Waals surface area contributed by atoms with Gasteiger partial charge in [0.15, 0.2) is 11.6 Å². The van der Waals surface area contributed by atoms with E-state index < -0.39 is 23.4 Å². The molecule has 0 unspecified atom stereocenters. The van der Waals surface area contributed by atoms with Crippen molar-refractivity contribution in [3.63, 3.8) is 0 Å². The van der Waals surface area contributed by atoms with Gasteiger partial charge in [-0.05, 0) is 30.3 Å². The van der Waals surface area contributed by atoms with Crippen molar-refractivity contribution in [2.24, 2.45) is 0 Å². The number of pyridine rings is 1. The summed E-state index contributed by atoms with van der Waals surface area (Å²) in [7, 11) is 0. The average molecular weight is 277 g/mol. The molecule has 0 saturated carbocycles. The van der Waals surface area contributed by atoms with Crippen LogP contribution >= 0.6 is 0 Å². The number of nitrogens with one attached hydrogen (secondary N) is 2. The number of hydrogen-bond donors (Lipinski definition) is 2. The van der Waals surface area contributed by atoms with Crippen LogP contribution in [0.25, 0.3) is 0 Å². The minimum atomic E-state index is -1.14. The van der Waals surface area contributed by atoms with E-state index in [2.05, 4.69) is 15.8 Å². The van der Waals surface area contributed by atoms with Crippen LogP contribution in [0.2, 0.25) is 0 Å². The Morgan fingerprint density at radius 3 is 2.35 bits per heavy atom. The number of benzene rings is 1. The largest absolute Gasteiger partial charge is 0.288 e. The summed E-state index contributed by atoms with van der Waals surface area (Å²) in [4.78, 5) is 27.0. The molecule has 2 N–H and O–H groups in total. The molecule has 0 bridgehead atoms. The van der Waals surface area contributed by atoms with Crippen molar-refractivity contribution in [1.29, 1.82) is 0 Å². The fraction of sp³-hybridized carbons (Fsp3) is 0. The van der Waals surface area contributed by atoms with Crippen LogP contribution in [0.15, 0.2) is 42.6 Å². The van der Waals surface area contributed by atoms with E-state index in [1.165, 1.54) is 12.3 Å². The second kappa shape index (κ2) is 5.87. The van der Waals surface area contributed by atoms with E-state index in [0.717, 1.165) is 18.2 Å². The highest BCUT2D eigenvalue weighted by Crippen LogP contribution is 2.08. The highest BCUT2D eigenvalue weighted by atomic mass is 19.2. The molecule has 1 heterocycles. The van der Waals surface area contributed by atoms with Gasteiger partial charge in [0.25, 0.3) is 11.8 Å². The summed E-state index contributed by atoms with van der Waals surface area (Å²) in [5.41, 5.74) is 4.18. The van der Waals surface area contributed by atoms with Crippen LogP contribution in [-0.2, 0) is 0 Å². The molecule has 2 amide bonds. The van der Waals surface area contributed by atoms with E-state index in [1.807, 2.05) is 0 Å². The minimum absolute atomic E-state index is 0.109. The Kier molecular flexibility index (Phi) is 3.99. The third-order valence-corrected chi connectivity index (χ3v) is 2.37. The summed E-state index contributed by atoms with van der Waals surface area (Å²) in [5, 5.41) is 0. The summed E-state index contributed by atoms with van der Waals surface area (Å²) in [6.07, 6.45) is 1.42. The number of aromatic nitrogens is 1. The molecule has 0 aliphatic heterocycles. The van der Waals surface area contributed by atoms with Crippen molar-refractivity contribution >= 4 is 11.8 Å². The molecule has 102 valence electrons. The number of carbonyl (C=O) groups is 2. The number of nitrogens with zero attached hydrogens (tertiary/aromatic N) is 1. The summed E-state index contributed by atoms with van der Waals surface area (Å²) >= 11 is 0. The molecule has 0 spiro atoms. The lowest BCUT2D eigenvalue weighted by atomic mass is 10.2. The quantitative estimate of drug-likeness (QED) is 0.816. The molecule has 5 nitrogen and oxygen atoms in total. The molecule has 0 aliphatic carbocycles. The maximum Gasteiger partial charge on any atom is 0.288 e. The molecule has 0 aliphatic rings. The normalized spacial score (nSPS) is 9.90. The maximum atomic E-state index is 13.0. The molecule has 2 aromatic rings. The maximum absolute atomic E-state index is 13.0. The average Bonchev–Trinajstić information content (AvgIpc) is 2.48. The molecule has 0 atom stereocenters. The lowest BCUT2D eigenvalue weighted by Crippen LogP contribution is -2.41. The zero-order valence-electron chi connectivity index (χ0n) is 10.1. The van der Waals surface area contributed by atoms with Gasteiger partial charge in [-0.1, -0.05) is 6.07 Å². The summed E-state index contributed by atoms with van der Waals surface area (Å²) in [6, 6.07) is 7.36. The minimum Gasteiger partial charge on any atom is -0.267 e. The Bertz CT molecular complexity index is 647. The number of halogens is 2. The first-order valence-electron chi connectivity index (χ1n) is 5.54. The summed E-state index contributed by atoms with van der Waals surface area (Å²) < 4.78 is 25.7. The fourth-order valence-electron chi connectivity index (χ4n) is 1.38. The Balaban J connectivity index is 1.98. The number of hydrogen-bond acceptors (Lipinski definition) is 3. The van der Waals surface area contributed by atoms with Gasteiger partial charge in [0.2, 0.25) is 0 Å². The number of hydrazine groups is 1.